The van der Waals surface area contributed by atoms with Crippen LogP contribution in [0.3, 0.4) is 0 Å². The van der Waals surface area contributed by atoms with E-state index >= 15 is 0 Å². The van der Waals surface area contributed by atoms with E-state index < -0.39 is 10.0 Å². The molecule has 2 heterocycles. The van der Waals surface area contributed by atoms with Crippen LogP contribution in [0.15, 0.2) is 35.4 Å². The van der Waals surface area contributed by atoms with Crippen molar-refractivity contribution in [3.05, 3.63) is 36.0 Å². The van der Waals surface area contributed by atoms with Gasteiger partial charge in [-0.3, -0.25) is 9.88 Å². The lowest BCUT2D eigenvalue weighted by molar-refractivity contribution is 0.0213. The van der Waals surface area contributed by atoms with Gasteiger partial charge in [0.05, 0.1) is 23.6 Å². The van der Waals surface area contributed by atoms with Gasteiger partial charge in [-0.25, -0.2) is 13.1 Å². The van der Waals surface area contributed by atoms with Gasteiger partial charge >= 0.3 is 0 Å². The maximum atomic E-state index is 12.8. The molecule has 0 bridgehead atoms. The Morgan fingerprint density at radius 1 is 1.29 bits per heavy atom. The van der Waals surface area contributed by atoms with Gasteiger partial charge in [-0.1, -0.05) is 6.07 Å². The molecule has 6 nitrogen and oxygen atoms in total. The van der Waals surface area contributed by atoms with Crippen LogP contribution in [-0.4, -0.2) is 57.2 Å². The summed E-state index contributed by atoms with van der Waals surface area (Å²) in [4.78, 5) is 6.83. The average molecular weight is 349 g/mol. The zero-order valence-corrected chi connectivity index (χ0v) is 14.8. The third-order valence-electron chi connectivity index (χ3n) is 4.46. The lowest BCUT2D eigenvalue weighted by atomic mass is 10.1. The number of nitrogens with zero attached hydrogens (tertiary/aromatic N) is 2. The number of sulfonamides is 1. The van der Waals surface area contributed by atoms with Crippen molar-refractivity contribution in [1.29, 1.82) is 0 Å². The molecule has 1 aliphatic heterocycles. The summed E-state index contributed by atoms with van der Waals surface area (Å²) in [7, 11) is -3.59. The molecule has 1 atom stereocenters. The minimum absolute atomic E-state index is 0.124. The number of aryl methyl sites for hydroxylation is 1. The minimum atomic E-state index is -3.59. The number of morpholine rings is 1. The monoisotopic (exact) mass is 349 g/mol. The maximum Gasteiger partial charge on any atom is 0.241 e. The average Bonchev–Trinajstić information content (AvgIpc) is 2.61. The van der Waals surface area contributed by atoms with Gasteiger partial charge in [0.25, 0.3) is 0 Å². The fourth-order valence-corrected chi connectivity index (χ4v) is 4.30. The zero-order chi connectivity index (χ0) is 17.2. The number of nitrogens with one attached hydrogen (secondary N) is 1. The van der Waals surface area contributed by atoms with E-state index in [1.54, 1.807) is 30.5 Å². The second kappa shape index (κ2) is 7.14. The van der Waals surface area contributed by atoms with Gasteiger partial charge < -0.3 is 4.74 Å². The Morgan fingerprint density at radius 2 is 2.04 bits per heavy atom. The molecule has 1 saturated heterocycles. The molecule has 0 aliphatic carbocycles. The van der Waals surface area contributed by atoms with Crippen LogP contribution < -0.4 is 4.72 Å². The van der Waals surface area contributed by atoms with Crippen LogP contribution in [0.4, 0.5) is 0 Å². The Labute approximate surface area is 142 Å². The first-order chi connectivity index (χ1) is 11.5. The normalized spacial score (nSPS) is 17.9. The molecule has 1 unspecified atom stereocenters. The maximum absolute atomic E-state index is 12.8. The van der Waals surface area contributed by atoms with Crippen molar-refractivity contribution in [2.75, 3.05) is 32.8 Å². The summed E-state index contributed by atoms with van der Waals surface area (Å²) in [5, 5.41) is 0.657. The molecule has 1 aliphatic rings. The third kappa shape index (κ3) is 3.59. The Morgan fingerprint density at radius 3 is 2.79 bits per heavy atom. The largest absolute Gasteiger partial charge is 0.379 e. The highest BCUT2D eigenvalue weighted by atomic mass is 32.2. The van der Waals surface area contributed by atoms with Crippen LogP contribution in [0.2, 0.25) is 0 Å². The Hall–Kier alpha value is -1.54. The molecule has 0 amide bonds. The Balaban J connectivity index is 1.80. The van der Waals surface area contributed by atoms with Crippen molar-refractivity contribution in [2.45, 2.75) is 24.8 Å². The standard InChI is InChI=1S/C17H23N3O3S/c1-13-5-6-16(15-4-3-7-18-17(13)15)24(21,22)19-12-14(2)20-8-10-23-11-9-20/h3-7,14,19H,8-12H2,1-2H3. The molecule has 1 N–H and O–H groups in total. The molecular weight excluding hydrogens is 326 g/mol. The second-order valence-electron chi connectivity index (χ2n) is 6.13. The van der Waals surface area contributed by atoms with E-state index in [0.29, 0.717) is 25.1 Å². The van der Waals surface area contributed by atoms with Gasteiger partial charge in [-0.2, -0.15) is 0 Å². The van der Waals surface area contributed by atoms with Gasteiger partial charge in [-0.05, 0) is 37.6 Å². The van der Waals surface area contributed by atoms with Gasteiger partial charge in [0, 0.05) is 37.3 Å². The zero-order valence-electron chi connectivity index (χ0n) is 14.0. The lowest BCUT2D eigenvalue weighted by Crippen LogP contribution is -2.47. The van der Waals surface area contributed by atoms with E-state index in [-0.39, 0.29) is 10.9 Å². The molecular formula is C17H23N3O3S. The third-order valence-corrected chi connectivity index (χ3v) is 5.94. The van der Waals surface area contributed by atoms with Crippen molar-refractivity contribution in [3.63, 3.8) is 0 Å². The molecule has 2 aromatic rings. The van der Waals surface area contributed by atoms with Crippen molar-refractivity contribution in [3.8, 4) is 0 Å². The first-order valence-corrected chi connectivity index (χ1v) is 9.63. The summed E-state index contributed by atoms with van der Waals surface area (Å²) in [5.41, 5.74) is 1.69. The molecule has 24 heavy (non-hydrogen) atoms. The minimum Gasteiger partial charge on any atom is -0.379 e. The highest BCUT2D eigenvalue weighted by molar-refractivity contribution is 7.89. The number of benzene rings is 1. The van der Waals surface area contributed by atoms with E-state index in [0.717, 1.165) is 24.2 Å². The SMILES string of the molecule is Cc1ccc(S(=O)(=O)NCC(C)N2CCOCC2)c2cccnc12. The van der Waals surface area contributed by atoms with Crippen molar-refractivity contribution in [2.24, 2.45) is 0 Å². The van der Waals surface area contributed by atoms with Crippen LogP contribution in [0.1, 0.15) is 12.5 Å². The quantitative estimate of drug-likeness (QED) is 0.887. The molecule has 3 rings (SSSR count). The number of pyridine rings is 1. The summed E-state index contributed by atoms with van der Waals surface area (Å²) >= 11 is 0. The molecule has 1 fully saturated rings. The fraction of sp³-hybridized carbons (Fsp3) is 0.471. The van der Waals surface area contributed by atoms with Crippen molar-refractivity contribution < 1.29 is 13.2 Å². The Kier molecular flexibility index (Phi) is 5.15. The smallest absolute Gasteiger partial charge is 0.241 e. The first-order valence-electron chi connectivity index (χ1n) is 8.15. The van der Waals surface area contributed by atoms with E-state index in [9.17, 15) is 8.42 Å². The summed E-state index contributed by atoms with van der Waals surface area (Å²) in [6.07, 6.45) is 1.68. The van der Waals surface area contributed by atoms with Crippen molar-refractivity contribution in [1.82, 2.24) is 14.6 Å². The number of hydrogen-bond acceptors (Lipinski definition) is 5. The number of hydrogen-bond donors (Lipinski definition) is 1. The number of fused-ring (bicyclic) bond motifs is 1. The van der Waals surface area contributed by atoms with E-state index in [4.69, 9.17) is 4.74 Å². The fourth-order valence-electron chi connectivity index (χ4n) is 2.98. The van der Waals surface area contributed by atoms with Crippen LogP contribution in [0.5, 0.6) is 0 Å². The lowest BCUT2D eigenvalue weighted by Gasteiger charge is -2.32. The number of rotatable bonds is 5. The number of ether oxygens (including phenoxy) is 1. The number of aromatic nitrogens is 1. The molecule has 0 saturated carbocycles. The molecule has 1 aromatic heterocycles. The van der Waals surface area contributed by atoms with Gasteiger partial charge in [0.2, 0.25) is 10.0 Å². The van der Waals surface area contributed by atoms with E-state index in [1.165, 1.54) is 0 Å². The van der Waals surface area contributed by atoms with Crippen molar-refractivity contribution >= 4 is 20.9 Å². The molecule has 1 aromatic carbocycles. The van der Waals surface area contributed by atoms with Gasteiger partial charge in [0.15, 0.2) is 0 Å². The van der Waals surface area contributed by atoms with Crippen LogP contribution in [0.25, 0.3) is 10.9 Å². The highest BCUT2D eigenvalue weighted by Gasteiger charge is 2.22. The van der Waals surface area contributed by atoms with Gasteiger partial charge in [0.1, 0.15) is 0 Å². The molecule has 0 radical (unpaired) electrons. The predicted molar refractivity (Wildman–Crippen MR) is 93.5 cm³/mol. The topological polar surface area (TPSA) is 71.5 Å². The highest BCUT2D eigenvalue weighted by Crippen LogP contribution is 2.24. The second-order valence-corrected chi connectivity index (χ2v) is 7.86. The summed E-state index contributed by atoms with van der Waals surface area (Å²) < 4.78 is 33.6. The van der Waals surface area contributed by atoms with Crippen LogP contribution in [-0.2, 0) is 14.8 Å². The van der Waals surface area contributed by atoms with Crippen LogP contribution >= 0.6 is 0 Å². The van der Waals surface area contributed by atoms with E-state index in [2.05, 4.69) is 14.6 Å². The van der Waals surface area contributed by atoms with Gasteiger partial charge in [-0.15, -0.1) is 0 Å². The van der Waals surface area contributed by atoms with Crippen LogP contribution in [0, 0.1) is 6.92 Å². The summed E-state index contributed by atoms with van der Waals surface area (Å²) in [6, 6.07) is 7.14. The Bertz CT molecular complexity index is 817. The first kappa shape index (κ1) is 17.3. The van der Waals surface area contributed by atoms with E-state index in [1.807, 2.05) is 13.8 Å². The molecule has 7 heteroatoms. The predicted octanol–water partition coefficient (Wildman–Crippen LogP) is 1.54. The summed E-state index contributed by atoms with van der Waals surface area (Å²) in [5.74, 6) is 0. The molecule has 130 valence electrons. The summed E-state index contributed by atoms with van der Waals surface area (Å²) in [6.45, 7) is 7.40. The molecule has 0 spiro atoms.